The summed E-state index contributed by atoms with van der Waals surface area (Å²) in [7, 11) is 0. The van der Waals surface area contributed by atoms with Gasteiger partial charge in [-0.3, -0.25) is 0 Å². The van der Waals surface area contributed by atoms with Gasteiger partial charge in [0.1, 0.15) is 0 Å². The molecular formula is C12H15BrIN. The van der Waals surface area contributed by atoms with E-state index in [4.69, 9.17) is 0 Å². The van der Waals surface area contributed by atoms with Crippen molar-refractivity contribution in [3.05, 3.63) is 44.5 Å². The first-order valence-corrected chi connectivity index (χ1v) is 6.85. The van der Waals surface area contributed by atoms with Gasteiger partial charge in [0.15, 0.2) is 0 Å². The van der Waals surface area contributed by atoms with Gasteiger partial charge in [-0.05, 0) is 59.3 Å². The van der Waals surface area contributed by atoms with E-state index in [2.05, 4.69) is 75.5 Å². The molecule has 1 atom stereocenters. The molecule has 1 aromatic carbocycles. The lowest BCUT2D eigenvalue weighted by molar-refractivity contribution is 0.557. The van der Waals surface area contributed by atoms with Gasteiger partial charge < -0.3 is 5.32 Å². The molecule has 0 aromatic heterocycles. The van der Waals surface area contributed by atoms with Crippen LogP contribution in [-0.4, -0.2) is 6.54 Å². The Morgan fingerprint density at radius 2 is 2.33 bits per heavy atom. The number of halogens is 2. The Morgan fingerprint density at radius 1 is 1.60 bits per heavy atom. The monoisotopic (exact) mass is 379 g/mol. The van der Waals surface area contributed by atoms with Gasteiger partial charge in [-0.1, -0.05) is 28.9 Å². The van der Waals surface area contributed by atoms with E-state index < -0.39 is 0 Å². The third kappa shape index (κ3) is 3.89. The second-order valence-corrected chi connectivity index (χ2v) is 5.40. The van der Waals surface area contributed by atoms with Crippen LogP contribution in [0, 0.1) is 3.57 Å². The molecule has 0 spiro atoms. The number of rotatable bonds is 5. The lowest BCUT2D eigenvalue weighted by Crippen LogP contribution is -2.20. The van der Waals surface area contributed by atoms with E-state index in [-0.39, 0.29) is 0 Å². The summed E-state index contributed by atoms with van der Waals surface area (Å²) in [6.07, 6.45) is 2.91. The highest BCUT2D eigenvalue weighted by molar-refractivity contribution is 14.1. The van der Waals surface area contributed by atoms with E-state index >= 15 is 0 Å². The molecule has 3 heteroatoms. The summed E-state index contributed by atoms with van der Waals surface area (Å²) < 4.78 is 2.42. The fourth-order valence-corrected chi connectivity index (χ4v) is 2.55. The SMILES string of the molecule is C=CCC(NCC)c1cc(I)ccc1Br. The Bertz CT molecular complexity index is 338. The molecule has 1 aromatic rings. The number of benzene rings is 1. The Morgan fingerprint density at radius 3 is 2.93 bits per heavy atom. The van der Waals surface area contributed by atoms with Crippen molar-refractivity contribution in [2.75, 3.05) is 6.54 Å². The summed E-state index contributed by atoms with van der Waals surface area (Å²) in [5, 5.41) is 3.46. The normalized spacial score (nSPS) is 12.5. The molecule has 1 unspecified atom stereocenters. The van der Waals surface area contributed by atoms with Crippen LogP contribution in [0.25, 0.3) is 0 Å². The van der Waals surface area contributed by atoms with Crippen LogP contribution >= 0.6 is 38.5 Å². The van der Waals surface area contributed by atoms with Crippen molar-refractivity contribution in [3.8, 4) is 0 Å². The molecule has 0 aliphatic heterocycles. The molecule has 0 heterocycles. The van der Waals surface area contributed by atoms with Gasteiger partial charge in [-0.2, -0.15) is 0 Å². The first kappa shape index (κ1) is 13.2. The summed E-state index contributed by atoms with van der Waals surface area (Å²) in [4.78, 5) is 0. The van der Waals surface area contributed by atoms with Crippen LogP contribution in [0.1, 0.15) is 24.9 Å². The largest absolute Gasteiger partial charge is 0.310 e. The van der Waals surface area contributed by atoms with E-state index in [1.807, 2.05) is 6.08 Å². The van der Waals surface area contributed by atoms with Crippen molar-refractivity contribution in [2.24, 2.45) is 0 Å². The van der Waals surface area contributed by atoms with E-state index in [0.717, 1.165) is 17.4 Å². The predicted octanol–water partition coefficient (Wildman–Crippen LogP) is 4.28. The van der Waals surface area contributed by atoms with Gasteiger partial charge in [0.05, 0.1) is 0 Å². The average Bonchev–Trinajstić information content (AvgIpc) is 2.21. The summed E-state index contributed by atoms with van der Waals surface area (Å²) in [6.45, 7) is 6.89. The number of hydrogen-bond donors (Lipinski definition) is 1. The van der Waals surface area contributed by atoms with E-state index in [9.17, 15) is 0 Å². The Labute approximate surface area is 114 Å². The lowest BCUT2D eigenvalue weighted by Gasteiger charge is -2.18. The molecule has 0 amide bonds. The van der Waals surface area contributed by atoms with Crippen LogP contribution < -0.4 is 5.32 Å². The van der Waals surface area contributed by atoms with Gasteiger partial charge in [-0.25, -0.2) is 0 Å². The predicted molar refractivity (Wildman–Crippen MR) is 78.1 cm³/mol. The molecule has 0 aliphatic carbocycles. The summed E-state index contributed by atoms with van der Waals surface area (Å²) in [6, 6.07) is 6.77. The van der Waals surface area contributed by atoms with Gasteiger partial charge >= 0.3 is 0 Å². The first-order valence-electron chi connectivity index (χ1n) is 4.98. The zero-order chi connectivity index (χ0) is 11.3. The van der Waals surface area contributed by atoms with Crippen LogP contribution in [0.15, 0.2) is 35.3 Å². The quantitative estimate of drug-likeness (QED) is 0.594. The fraction of sp³-hybridized carbons (Fsp3) is 0.333. The molecule has 0 saturated heterocycles. The van der Waals surface area contributed by atoms with E-state index in [1.54, 1.807) is 0 Å². The lowest BCUT2D eigenvalue weighted by atomic mass is 10.0. The minimum Gasteiger partial charge on any atom is -0.310 e. The highest BCUT2D eigenvalue weighted by Crippen LogP contribution is 2.27. The van der Waals surface area contributed by atoms with E-state index in [0.29, 0.717) is 6.04 Å². The Balaban J connectivity index is 2.97. The zero-order valence-electron chi connectivity index (χ0n) is 8.76. The molecule has 0 aliphatic rings. The topological polar surface area (TPSA) is 12.0 Å². The molecule has 1 N–H and O–H groups in total. The number of nitrogens with one attached hydrogen (secondary N) is 1. The summed E-state index contributed by atoms with van der Waals surface area (Å²) >= 11 is 5.93. The molecule has 82 valence electrons. The van der Waals surface area contributed by atoms with Crippen LogP contribution in [0.3, 0.4) is 0 Å². The molecule has 1 nitrogen and oxygen atoms in total. The standard InChI is InChI=1S/C12H15BrIN/c1-3-5-12(15-4-2)10-8-9(14)6-7-11(10)13/h3,6-8,12,15H,1,4-5H2,2H3. The molecular weight excluding hydrogens is 365 g/mol. The van der Waals surface area contributed by atoms with Crippen LogP contribution in [-0.2, 0) is 0 Å². The molecule has 0 radical (unpaired) electrons. The van der Waals surface area contributed by atoms with Crippen molar-refractivity contribution in [2.45, 2.75) is 19.4 Å². The van der Waals surface area contributed by atoms with Crippen LogP contribution in [0.5, 0.6) is 0 Å². The molecule has 1 rings (SSSR count). The second kappa shape index (κ2) is 6.66. The average molecular weight is 380 g/mol. The highest BCUT2D eigenvalue weighted by atomic mass is 127. The zero-order valence-corrected chi connectivity index (χ0v) is 12.5. The first-order chi connectivity index (χ1) is 7.19. The maximum absolute atomic E-state index is 3.80. The van der Waals surface area contributed by atoms with Gasteiger partial charge in [-0.15, -0.1) is 6.58 Å². The van der Waals surface area contributed by atoms with Crippen molar-refractivity contribution >= 4 is 38.5 Å². The fourth-order valence-electron chi connectivity index (χ4n) is 1.51. The number of hydrogen-bond acceptors (Lipinski definition) is 1. The van der Waals surface area contributed by atoms with Crippen molar-refractivity contribution in [1.82, 2.24) is 5.32 Å². The van der Waals surface area contributed by atoms with Gasteiger partial charge in [0.2, 0.25) is 0 Å². The summed E-state index contributed by atoms with van der Waals surface area (Å²) in [5.74, 6) is 0. The molecule has 0 bridgehead atoms. The Hall–Kier alpha value is 0.130. The van der Waals surface area contributed by atoms with Crippen molar-refractivity contribution in [1.29, 1.82) is 0 Å². The minimum atomic E-state index is 0.358. The molecule has 0 fully saturated rings. The third-order valence-corrected chi connectivity index (χ3v) is 3.58. The highest BCUT2D eigenvalue weighted by Gasteiger charge is 2.11. The summed E-state index contributed by atoms with van der Waals surface area (Å²) in [5.41, 5.74) is 1.31. The van der Waals surface area contributed by atoms with Crippen LogP contribution in [0.4, 0.5) is 0 Å². The van der Waals surface area contributed by atoms with Crippen molar-refractivity contribution in [3.63, 3.8) is 0 Å². The van der Waals surface area contributed by atoms with Gasteiger partial charge in [0, 0.05) is 14.1 Å². The molecule has 0 saturated carbocycles. The maximum Gasteiger partial charge on any atom is 0.0366 e. The Kier molecular flexibility index (Phi) is 5.86. The smallest absolute Gasteiger partial charge is 0.0366 e. The maximum atomic E-state index is 3.80. The van der Waals surface area contributed by atoms with E-state index in [1.165, 1.54) is 9.13 Å². The van der Waals surface area contributed by atoms with Crippen LogP contribution in [0.2, 0.25) is 0 Å². The second-order valence-electron chi connectivity index (χ2n) is 3.30. The van der Waals surface area contributed by atoms with Gasteiger partial charge in [0.25, 0.3) is 0 Å². The third-order valence-electron chi connectivity index (χ3n) is 2.19. The molecule has 15 heavy (non-hydrogen) atoms. The van der Waals surface area contributed by atoms with Crippen molar-refractivity contribution < 1.29 is 0 Å². The minimum absolute atomic E-state index is 0.358.